The highest BCUT2D eigenvalue weighted by Gasteiger charge is 2.12. The molecule has 1 aromatic heterocycles. The van der Waals surface area contributed by atoms with Crippen LogP contribution in [0.5, 0.6) is 11.5 Å². The van der Waals surface area contributed by atoms with Crippen molar-refractivity contribution in [3.8, 4) is 33.9 Å². The fourth-order valence-electron chi connectivity index (χ4n) is 3.51. The highest BCUT2D eigenvalue weighted by molar-refractivity contribution is 5.91. The predicted octanol–water partition coefficient (Wildman–Crippen LogP) is 5.74. The monoisotopic (exact) mass is 416 g/mol. The van der Waals surface area contributed by atoms with Crippen LogP contribution in [0.1, 0.15) is 6.42 Å². The molecule has 5 heteroatoms. The summed E-state index contributed by atoms with van der Waals surface area (Å²) in [6.07, 6.45) is 0.958. The maximum absolute atomic E-state index is 13.8. The molecule has 0 saturated heterocycles. The van der Waals surface area contributed by atoms with E-state index in [0.29, 0.717) is 12.1 Å². The van der Waals surface area contributed by atoms with E-state index in [-0.39, 0.29) is 11.6 Å². The fraction of sp³-hybridized carbons (Fsp3) is 0.192. The smallest absolute Gasteiger partial charge is 0.123 e. The Bertz CT molecular complexity index is 1170. The Morgan fingerprint density at radius 1 is 0.903 bits per heavy atom. The van der Waals surface area contributed by atoms with Crippen LogP contribution in [0.4, 0.5) is 4.39 Å². The standard InChI is InChI=1S/C26H25FN2O2/c1-29(2)14-3-15-31-23-11-6-18(7-12-23)24-17-20-16-21(27)8-13-25(20)28-26(24)19-4-9-22(30)10-5-19/h4-13,16-17,30H,3,14-15H2,1-2H3. The Hall–Kier alpha value is -3.44. The maximum Gasteiger partial charge on any atom is 0.123 e. The molecule has 0 amide bonds. The Morgan fingerprint density at radius 2 is 1.61 bits per heavy atom. The molecule has 0 spiro atoms. The van der Waals surface area contributed by atoms with Gasteiger partial charge in [0.05, 0.1) is 17.8 Å². The third-order valence-electron chi connectivity index (χ3n) is 5.10. The molecule has 0 unspecified atom stereocenters. The highest BCUT2D eigenvalue weighted by Crippen LogP contribution is 2.35. The van der Waals surface area contributed by atoms with Gasteiger partial charge in [-0.1, -0.05) is 12.1 Å². The lowest BCUT2D eigenvalue weighted by molar-refractivity contribution is 0.281. The van der Waals surface area contributed by atoms with Gasteiger partial charge >= 0.3 is 0 Å². The summed E-state index contributed by atoms with van der Waals surface area (Å²) in [5.74, 6) is 0.719. The van der Waals surface area contributed by atoms with Crippen LogP contribution in [0.25, 0.3) is 33.3 Å². The van der Waals surface area contributed by atoms with E-state index in [1.54, 1.807) is 18.2 Å². The molecule has 1 heterocycles. The molecule has 0 aliphatic heterocycles. The number of nitrogens with zero attached hydrogens (tertiary/aromatic N) is 2. The third kappa shape index (κ3) is 5.01. The Morgan fingerprint density at radius 3 is 2.32 bits per heavy atom. The van der Waals surface area contributed by atoms with Gasteiger partial charge < -0.3 is 14.7 Å². The van der Waals surface area contributed by atoms with E-state index in [1.807, 2.05) is 56.6 Å². The van der Waals surface area contributed by atoms with Gasteiger partial charge in [-0.05, 0) is 86.7 Å². The van der Waals surface area contributed by atoms with Gasteiger partial charge in [-0.15, -0.1) is 0 Å². The van der Waals surface area contributed by atoms with Crippen molar-refractivity contribution in [1.82, 2.24) is 9.88 Å². The first kappa shape index (κ1) is 20.8. The van der Waals surface area contributed by atoms with E-state index in [2.05, 4.69) is 4.90 Å². The quantitative estimate of drug-likeness (QED) is 0.390. The zero-order chi connectivity index (χ0) is 21.8. The molecule has 0 radical (unpaired) electrons. The lowest BCUT2D eigenvalue weighted by atomic mass is 9.97. The van der Waals surface area contributed by atoms with Crippen molar-refractivity contribution in [2.75, 3.05) is 27.2 Å². The molecule has 31 heavy (non-hydrogen) atoms. The summed E-state index contributed by atoms with van der Waals surface area (Å²) in [4.78, 5) is 6.94. The Labute approximate surface area is 181 Å². The summed E-state index contributed by atoms with van der Waals surface area (Å²) in [6.45, 7) is 1.64. The number of benzene rings is 3. The number of halogens is 1. The highest BCUT2D eigenvalue weighted by atomic mass is 19.1. The fourth-order valence-corrected chi connectivity index (χ4v) is 3.51. The average molecular weight is 416 g/mol. The van der Waals surface area contributed by atoms with Crippen molar-refractivity contribution < 1.29 is 14.2 Å². The minimum absolute atomic E-state index is 0.198. The van der Waals surface area contributed by atoms with Crippen molar-refractivity contribution in [3.05, 3.63) is 78.6 Å². The van der Waals surface area contributed by atoms with Crippen molar-refractivity contribution in [1.29, 1.82) is 0 Å². The molecule has 3 aromatic carbocycles. The van der Waals surface area contributed by atoms with E-state index in [1.165, 1.54) is 12.1 Å². The van der Waals surface area contributed by atoms with Crippen LogP contribution in [0.3, 0.4) is 0 Å². The van der Waals surface area contributed by atoms with Crippen LogP contribution in [0.15, 0.2) is 72.8 Å². The van der Waals surface area contributed by atoms with E-state index >= 15 is 0 Å². The molecule has 4 aromatic rings. The number of aromatic hydroxyl groups is 1. The Balaban J connectivity index is 1.69. The number of rotatable bonds is 7. The third-order valence-corrected chi connectivity index (χ3v) is 5.10. The number of phenols is 1. The number of hydrogen-bond acceptors (Lipinski definition) is 4. The van der Waals surface area contributed by atoms with Gasteiger partial charge in [0, 0.05) is 23.1 Å². The largest absolute Gasteiger partial charge is 0.508 e. The van der Waals surface area contributed by atoms with Gasteiger partial charge in [-0.2, -0.15) is 0 Å². The number of pyridine rings is 1. The maximum atomic E-state index is 13.8. The van der Waals surface area contributed by atoms with Crippen LogP contribution in [-0.4, -0.2) is 42.2 Å². The SMILES string of the molecule is CN(C)CCCOc1ccc(-c2cc3cc(F)ccc3nc2-c2ccc(O)cc2)cc1. The summed E-state index contributed by atoms with van der Waals surface area (Å²) in [5, 5.41) is 10.4. The average Bonchev–Trinajstić information content (AvgIpc) is 2.77. The summed E-state index contributed by atoms with van der Waals surface area (Å²) < 4.78 is 19.7. The van der Waals surface area contributed by atoms with Crippen LogP contribution < -0.4 is 4.74 Å². The van der Waals surface area contributed by atoms with Crippen LogP contribution in [-0.2, 0) is 0 Å². The van der Waals surface area contributed by atoms with Gasteiger partial charge in [-0.3, -0.25) is 0 Å². The molecule has 4 nitrogen and oxygen atoms in total. The number of ether oxygens (including phenoxy) is 1. The first-order valence-electron chi connectivity index (χ1n) is 10.3. The zero-order valence-corrected chi connectivity index (χ0v) is 17.7. The normalized spacial score (nSPS) is 11.2. The van der Waals surface area contributed by atoms with Crippen molar-refractivity contribution in [3.63, 3.8) is 0 Å². The van der Waals surface area contributed by atoms with Gasteiger partial charge in [0.15, 0.2) is 0 Å². The number of phenolic OH excluding ortho intramolecular Hbond substituents is 1. The number of fused-ring (bicyclic) bond motifs is 1. The van der Waals surface area contributed by atoms with Crippen LogP contribution in [0.2, 0.25) is 0 Å². The summed E-state index contributed by atoms with van der Waals surface area (Å²) in [6, 6.07) is 21.4. The molecule has 0 fully saturated rings. The second-order valence-electron chi connectivity index (χ2n) is 7.80. The second kappa shape index (κ2) is 9.14. The van der Waals surface area contributed by atoms with Gasteiger partial charge in [-0.25, -0.2) is 9.37 Å². The molecular formula is C26H25FN2O2. The predicted molar refractivity (Wildman–Crippen MR) is 123 cm³/mol. The van der Waals surface area contributed by atoms with Gasteiger partial charge in [0.1, 0.15) is 17.3 Å². The molecule has 4 rings (SSSR count). The van der Waals surface area contributed by atoms with E-state index in [0.717, 1.165) is 46.5 Å². The summed E-state index contributed by atoms with van der Waals surface area (Å²) >= 11 is 0. The Kier molecular flexibility index (Phi) is 6.14. The van der Waals surface area contributed by atoms with Crippen molar-refractivity contribution in [2.24, 2.45) is 0 Å². The van der Waals surface area contributed by atoms with Crippen LogP contribution >= 0.6 is 0 Å². The molecule has 0 bridgehead atoms. The minimum Gasteiger partial charge on any atom is -0.508 e. The lowest BCUT2D eigenvalue weighted by Crippen LogP contribution is -2.15. The zero-order valence-electron chi connectivity index (χ0n) is 17.7. The summed E-state index contributed by atoms with van der Waals surface area (Å²) in [5.41, 5.74) is 4.22. The minimum atomic E-state index is -0.292. The molecule has 158 valence electrons. The van der Waals surface area contributed by atoms with Crippen molar-refractivity contribution in [2.45, 2.75) is 6.42 Å². The van der Waals surface area contributed by atoms with E-state index < -0.39 is 0 Å². The molecular weight excluding hydrogens is 391 g/mol. The van der Waals surface area contributed by atoms with E-state index in [9.17, 15) is 9.50 Å². The molecule has 0 aliphatic carbocycles. The first-order chi connectivity index (χ1) is 15.0. The molecule has 1 N–H and O–H groups in total. The molecule has 0 atom stereocenters. The van der Waals surface area contributed by atoms with Gasteiger partial charge in [0.25, 0.3) is 0 Å². The topological polar surface area (TPSA) is 45.6 Å². The second-order valence-corrected chi connectivity index (χ2v) is 7.80. The van der Waals surface area contributed by atoms with Crippen molar-refractivity contribution >= 4 is 10.9 Å². The first-order valence-corrected chi connectivity index (χ1v) is 10.3. The van der Waals surface area contributed by atoms with Crippen LogP contribution in [0, 0.1) is 5.82 Å². The van der Waals surface area contributed by atoms with E-state index in [4.69, 9.17) is 9.72 Å². The molecule has 0 aliphatic rings. The number of hydrogen-bond donors (Lipinski definition) is 1. The summed E-state index contributed by atoms with van der Waals surface area (Å²) in [7, 11) is 4.09. The van der Waals surface area contributed by atoms with Gasteiger partial charge in [0.2, 0.25) is 0 Å². The lowest BCUT2D eigenvalue weighted by Gasteiger charge is -2.13. The number of aromatic nitrogens is 1. The molecule has 0 saturated carbocycles.